The maximum absolute atomic E-state index is 5.65. The Morgan fingerprint density at radius 3 is 2.81 bits per heavy atom. The normalized spacial score (nSPS) is 14.9. The minimum Gasteiger partial charge on any atom is -0.493 e. The van der Waals surface area contributed by atoms with E-state index in [1.54, 1.807) is 7.11 Å². The second-order valence-corrected chi connectivity index (χ2v) is 4.04. The molecule has 1 aromatic rings. The summed E-state index contributed by atoms with van der Waals surface area (Å²) in [5.41, 5.74) is 1.17. The minimum absolute atomic E-state index is 0.663. The highest BCUT2D eigenvalue weighted by atomic mass is 16.5. The Hall–Kier alpha value is -1.22. The fourth-order valence-electron chi connectivity index (χ4n) is 1.71. The monoisotopic (exact) mass is 221 g/mol. The highest BCUT2D eigenvalue weighted by Crippen LogP contribution is 2.31. The molecule has 1 N–H and O–H groups in total. The standard InChI is InChI=1S/C13H19NO2/c1-3-16-13-10(9-14-11-7-8-11)5-4-6-12(13)15-2/h4-6,11,14H,3,7-9H2,1-2H3. The molecule has 1 saturated carbocycles. The van der Waals surface area contributed by atoms with Gasteiger partial charge in [-0.15, -0.1) is 0 Å². The molecule has 0 radical (unpaired) electrons. The number of benzene rings is 1. The van der Waals surface area contributed by atoms with Crippen molar-refractivity contribution in [3.8, 4) is 11.5 Å². The van der Waals surface area contributed by atoms with Crippen LogP contribution >= 0.6 is 0 Å². The molecule has 0 aromatic heterocycles. The summed E-state index contributed by atoms with van der Waals surface area (Å²) >= 11 is 0. The first-order chi connectivity index (χ1) is 7.85. The number of hydrogen-bond acceptors (Lipinski definition) is 3. The molecule has 1 fully saturated rings. The number of para-hydroxylation sites is 1. The topological polar surface area (TPSA) is 30.5 Å². The van der Waals surface area contributed by atoms with E-state index in [2.05, 4.69) is 11.4 Å². The first-order valence-electron chi connectivity index (χ1n) is 5.87. The van der Waals surface area contributed by atoms with Crippen molar-refractivity contribution in [3.63, 3.8) is 0 Å². The molecular weight excluding hydrogens is 202 g/mol. The van der Waals surface area contributed by atoms with Crippen molar-refractivity contribution in [3.05, 3.63) is 23.8 Å². The molecule has 1 aromatic carbocycles. The van der Waals surface area contributed by atoms with Gasteiger partial charge in [0, 0.05) is 18.2 Å². The highest BCUT2D eigenvalue weighted by molar-refractivity contribution is 5.46. The number of rotatable bonds is 6. The Kier molecular flexibility index (Phi) is 3.67. The molecule has 0 spiro atoms. The van der Waals surface area contributed by atoms with Crippen LogP contribution in [0.2, 0.25) is 0 Å². The van der Waals surface area contributed by atoms with Crippen molar-refractivity contribution < 1.29 is 9.47 Å². The van der Waals surface area contributed by atoms with Crippen molar-refractivity contribution in [2.45, 2.75) is 32.4 Å². The van der Waals surface area contributed by atoms with E-state index in [1.807, 2.05) is 19.1 Å². The Labute approximate surface area is 96.8 Å². The smallest absolute Gasteiger partial charge is 0.165 e. The van der Waals surface area contributed by atoms with Gasteiger partial charge >= 0.3 is 0 Å². The maximum atomic E-state index is 5.65. The van der Waals surface area contributed by atoms with Gasteiger partial charge in [0.25, 0.3) is 0 Å². The molecule has 3 nitrogen and oxygen atoms in total. The van der Waals surface area contributed by atoms with Gasteiger partial charge in [0.1, 0.15) is 0 Å². The Morgan fingerprint density at radius 1 is 1.38 bits per heavy atom. The maximum Gasteiger partial charge on any atom is 0.165 e. The predicted molar refractivity (Wildman–Crippen MR) is 64.0 cm³/mol. The van der Waals surface area contributed by atoms with Crippen LogP contribution in [0.3, 0.4) is 0 Å². The van der Waals surface area contributed by atoms with Crippen LogP contribution in [0.5, 0.6) is 11.5 Å². The van der Waals surface area contributed by atoms with Crippen LogP contribution in [-0.4, -0.2) is 19.8 Å². The van der Waals surface area contributed by atoms with Gasteiger partial charge in [0.05, 0.1) is 13.7 Å². The van der Waals surface area contributed by atoms with Crippen molar-refractivity contribution in [1.82, 2.24) is 5.32 Å². The lowest BCUT2D eigenvalue weighted by molar-refractivity contribution is 0.306. The zero-order valence-electron chi connectivity index (χ0n) is 9.95. The zero-order chi connectivity index (χ0) is 11.4. The van der Waals surface area contributed by atoms with Crippen LogP contribution in [0.15, 0.2) is 18.2 Å². The van der Waals surface area contributed by atoms with E-state index in [9.17, 15) is 0 Å². The SMILES string of the molecule is CCOc1c(CNC2CC2)cccc1OC. The van der Waals surface area contributed by atoms with Gasteiger partial charge in [-0.1, -0.05) is 12.1 Å². The largest absolute Gasteiger partial charge is 0.493 e. The first-order valence-corrected chi connectivity index (χ1v) is 5.87. The summed E-state index contributed by atoms with van der Waals surface area (Å²) in [6.07, 6.45) is 2.60. The Morgan fingerprint density at radius 2 is 2.19 bits per heavy atom. The minimum atomic E-state index is 0.663. The van der Waals surface area contributed by atoms with Crippen LogP contribution in [-0.2, 0) is 6.54 Å². The summed E-state index contributed by atoms with van der Waals surface area (Å²) in [6, 6.07) is 6.74. The lowest BCUT2D eigenvalue weighted by Gasteiger charge is -2.14. The van der Waals surface area contributed by atoms with Gasteiger partial charge in [0.15, 0.2) is 11.5 Å². The van der Waals surface area contributed by atoms with Crippen LogP contribution in [0.1, 0.15) is 25.3 Å². The molecule has 88 valence electrons. The van der Waals surface area contributed by atoms with E-state index in [1.165, 1.54) is 18.4 Å². The van der Waals surface area contributed by atoms with Gasteiger partial charge in [-0.25, -0.2) is 0 Å². The quantitative estimate of drug-likeness (QED) is 0.799. The lowest BCUT2D eigenvalue weighted by Crippen LogP contribution is -2.16. The van der Waals surface area contributed by atoms with Crippen LogP contribution in [0, 0.1) is 0 Å². The van der Waals surface area contributed by atoms with Crippen molar-refractivity contribution in [2.24, 2.45) is 0 Å². The number of nitrogens with one attached hydrogen (secondary N) is 1. The van der Waals surface area contributed by atoms with Crippen molar-refractivity contribution in [2.75, 3.05) is 13.7 Å². The molecule has 2 rings (SSSR count). The number of ether oxygens (including phenoxy) is 2. The summed E-state index contributed by atoms with van der Waals surface area (Å²) in [7, 11) is 1.68. The fraction of sp³-hybridized carbons (Fsp3) is 0.538. The summed E-state index contributed by atoms with van der Waals surface area (Å²) < 4.78 is 11.0. The van der Waals surface area contributed by atoms with E-state index < -0.39 is 0 Å². The Balaban J connectivity index is 2.12. The Bertz CT molecular complexity index is 348. The first kappa shape index (κ1) is 11.3. The molecule has 0 heterocycles. The average Bonchev–Trinajstić information content (AvgIpc) is 3.12. The third kappa shape index (κ3) is 2.67. The van der Waals surface area contributed by atoms with E-state index in [0.717, 1.165) is 18.0 Å². The molecular formula is C13H19NO2. The fourth-order valence-corrected chi connectivity index (χ4v) is 1.71. The van der Waals surface area contributed by atoms with E-state index >= 15 is 0 Å². The summed E-state index contributed by atoms with van der Waals surface area (Å²) in [5.74, 6) is 1.69. The number of methoxy groups -OCH3 is 1. The highest BCUT2D eigenvalue weighted by Gasteiger charge is 2.21. The molecule has 3 heteroatoms. The van der Waals surface area contributed by atoms with Gasteiger partial charge in [-0.3, -0.25) is 0 Å². The van der Waals surface area contributed by atoms with E-state index in [0.29, 0.717) is 12.6 Å². The average molecular weight is 221 g/mol. The van der Waals surface area contributed by atoms with E-state index in [4.69, 9.17) is 9.47 Å². The van der Waals surface area contributed by atoms with Crippen LogP contribution in [0.4, 0.5) is 0 Å². The lowest BCUT2D eigenvalue weighted by atomic mass is 10.2. The van der Waals surface area contributed by atoms with Crippen molar-refractivity contribution in [1.29, 1.82) is 0 Å². The van der Waals surface area contributed by atoms with Gasteiger partial charge in [0.2, 0.25) is 0 Å². The third-order valence-electron chi connectivity index (χ3n) is 2.73. The van der Waals surface area contributed by atoms with E-state index in [-0.39, 0.29) is 0 Å². The molecule has 0 unspecified atom stereocenters. The molecule has 16 heavy (non-hydrogen) atoms. The second kappa shape index (κ2) is 5.21. The zero-order valence-corrected chi connectivity index (χ0v) is 9.95. The molecule has 1 aliphatic carbocycles. The molecule has 0 atom stereocenters. The van der Waals surface area contributed by atoms with Gasteiger partial charge < -0.3 is 14.8 Å². The summed E-state index contributed by atoms with van der Waals surface area (Å²) in [5, 5.41) is 3.49. The van der Waals surface area contributed by atoms with Crippen LogP contribution < -0.4 is 14.8 Å². The number of hydrogen-bond donors (Lipinski definition) is 1. The summed E-state index contributed by atoms with van der Waals surface area (Å²) in [6.45, 7) is 3.51. The molecule has 1 aliphatic rings. The summed E-state index contributed by atoms with van der Waals surface area (Å²) in [4.78, 5) is 0. The van der Waals surface area contributed by atoms with Gasteiger partial charge in [-0.05, 0) is 25.8 Å². The molecule has 0 amide bonds. The van der Waals surface area contributed by atoms with Crippen LogP contribution in [0.25, 0.3) is 0 Å². The third-order valence-corrected chi connectivity index (χ3v) is 2.73. The second-order valence-electron chi connectivity index (χ2n) is 4.04. The van der Waals surface area contributed by atoms with Gasteiger partial charge in [-0.2, -0.15) is 0 Å². The van der Waals surface area contributed by atoms with Crippen molar-refractivity contribution >= 4 is 0 Å². The molecule has 0 bridgehead atoms. The molecule has 0 aliphatic heterocycles. The predicted octanol–water partition coefficient (Wildman–Crippen LogP) is 2.35. The molecule has 0 saturated heterocycles.